The van der Waals surface area contributed by atoms with Crippen molar-refractivity contribution in [2.45, 2.75) is 100 Å². The molecule has 2 fully saturated rings. The maximum absolute atomic E-state index is 15.3. The Hall–Kier alpha value is -3.75. The van der Waals surface area contributed by atoms with Gasteiger partial charge >= 0.3 is 0 Å². The Morgan fingerprint density at radius 3 is 2.71 bits per heavy atom. The van der Waals surface area contributed by atoms with Crippen molar-refractivity contribution in [1.82, 2.24) is 14.5 Å². The molecule has 3 aliphatic heterocycles. The monoisotopic (exact) mass is 805 g/mol. The Kier molecular flexibility index (Phi) is 10.8. The average Bonchev–Trinajstić information content (AvgIpc) is 3.42. The van der Waals surface area contributed by atoms with Crippen molar-refractivity contribution in [3.05, 3.63) is 82.2 Å². The summed E-state index contributed by atoms with van der Waals surface area (Å²) in [4.78, 5) is 30.4. The Morgan fingerprint density at radius 1 is 1.11 bits per heavy atom. The highest BCUT2D eigenvalue weighted by atomic mass is 35.5. The summed E-state index contributed by atoms with van der Waals surface area (Å²) in [5, 5.41) is 5.01. The first-order valence-corrected chi connectivity index (χ1v) is 21.7. The van der Waals surface area contributed by atoms with Crippen LogP contribution in [0, 0.1) is 18.8 Å². The summed E-state index contributed by atoms with van der Waals surface area (Å²) >= 11 is 6.52. The number of halogens is 1. The molecule has 56 heavy (non-hydrogen) atoms. The predicted molar refractivity (Wildman–Crippen MR) is 213 cm³/mol. The van der Waals surface area contributed by atoms with Gasteiger partial charge < -0.3 is 23.8 Å². The SMILES string of the molecule is Cc1nn(C)cc1C(=O)NS1(=O)=NC(=O)C(C)(C)OC/C=C/[C@H](OC2CCCCO2)[C@@H]2CC[C@H]2CN2C[C@@]3(CCCc4cc(Cl)ccc43)COc3ccc1cc32. The van der Waals surface area contributed by atoms with E-state index in [1.807, 2.05) is 12.1 Å². The lowest BCUT2D eigenvalue weighted by molar-refractivity contribution is -0.197. The van der Waals surface area contributed by atoms with E-state index in [9.17, 15) is 9.59 Å². The molecule has 12 nitrogen and oxygen atoms in total. The van der Waals surface area contributed by atoms with Gasteiger partial charge in [0.25, 0.3) is 11.8 Å². The minimum Gasteiger partial charge on any atom is -0.490 e. The number of hydrogen-bond donors (Lipinski definition) is 1. The molecule has 1 spiro atoms. The summed E-state index contributed by atoms with van der Waals surface area (Å²) in [7, 11) is -2.21. The van der Waals surface area contributed by atoms with Crippen molar-refractivity contribution in [2.24, 2.45) is 23.2 Å². The zero-order valence-electron chi connectivity index (χ0n) is 32.6. The van der Waals surface area contributed by atoms with E-state index in [0.29, 0.717) is 37.7 Å². The highest BCUT2D eigenvalue weighted by Crippen LogP contribution is 2.47. The van der Waals surface area contributed by atoms with Gasteiger partial charge in [0.05, 0.1) is 41.2 Å². The predicted octanol–water partition coefficient (Wildman–Crippen LogP) is 6.86. The molecule has 2 aliphatic carbocycles. The van der Waals surface area contributed by atoms with Crippen LogP contribution >= 0.6 is 11.6 Å². The lowest BCUT2D eigenvalue weighted by atomic mass is 9.68. The fraction of sp³-hybridized carbons (Fsp3) is 0.548. The van der Waals surface area contributed by atoms with Crippen LogP contribution in [0.15, 0.2) is 64.0 Å². The second-order valence-electron chi connectivity index (χ2n) is 16.5. The van der Waals surface area contributed by atoms with Gasteiger partial charge in [-0.05, 0) is 125 Å². The zero-order valence-corrected chi connectivity index (χ0v) is 34.2. The number of carbonyl (C=O) groups excluding carboxylic acids is 2. The number of fused-ring (bicyclic) bond motifs is 4. The van der Waals surface area contributed by atoms with Crippen LogP contribution in [0.5, 0.6) is 5.75 Å². The molecule has 1 N–H and O–H groups in total. The summed E-state index contributed by atoms with van der Waals surface area (Å²) < 4.78 is 49.3. The number of anilines is 1. The summed E-state index contributed by atoms with van der Waals surface area (Å²) in [6.07, 6.45) is 12.8. The van der Waals surface area contributed by atoms with Gasteiger partial charge in [0.15, 0.2) is 16.2 Å². The minimum absolute atomic E-state index is 0.105. The molecule has 1 aromatic heterocycles. The summed E-state index contributed by atoms with van der Waals surface area (Å²) in [5.41, 5.74) is 2.09. The zero-order chi connectivity index (χ0) is 39.2. The molecule has 1 saturated carbocycles. The number of aromatic nitrogens is 2. The largest absolute Gasteiger partial charge is 0.490 e. The lowest BCUT2D eigenvalue weighted by Crippen LogP contribution is -2.50. The molecule has 6 atom stereocenters. The molecule has 2 aromatic carbocycles. The van der Waals surface area contributed by atoms with Crippen LogP contribution in [-0.4, -0.2) is 76.7 Å². The highest BCUT2D eigenvalue weighted by molar-refractivity contribution is 7.92. The van der Waals surface area contributed by atoms with Crippen molar-refractivity contribution in [3.8, 4) is 5.75 Å². The molecule has 300 valence electrons. The Labute approximate surface area is 334 Å². The molecule has 2 amide bonds. The summed E-state index contributed by atoms with van der Waals surface area (Å²) in [5.74, 6) is -0.309. The molecule has 14 heteroatoms. The molecule has 0 radical (unpaired) electrons. The maximum atomic E-state index is 15.3. The van der Waals surface area contributed by atoms with Crippen LogP contribution in [0.2, 0.25) is 5.02 Å². The minimum atomic E-state index is -3.92. The van der Waals surface area contributed by atoms with E-state index in [4.69, 9.17) is 30.5 Å². The van der Waals surface area contributed by atoms with Crippen LogP contribution in [-0.2, 0) is 47.8 Å². The van der Waals surface area contributed by atoms with E-state index < -0.39 is 27.3 Å². The second kappa shape index (κ2) is 15.5. The molecule has 4 heterocycles. The van der Waals surface area contributed by atoms with Crippen molar-refractivity contribution in [2.75, 3.05) is 37.8 Å². The van der Waals surface area contributed by atoms with Crippen LogP contribution < -0.4 is 14.4 Å². The summed E-state index contributed by atoms with van der Waals surface area (Å²) in [6, 6.07) is 11.4. The van der Waals surface area contributed by atoms with E-state index in [2.05, 4.69) is 37.3 Å². The lowest BCUT2D eigenvalue weighted by Gasteiger charge is -2.46. The molecule has 2 unspecified atom stereocenters. The Balaban J connectivity index is 1.24. The first kappa shape index (κ1) is 39.1. The van der Waals surface area contributed by atoms with Gasteiger partial charge in [0.2, 0.25) is 0 Å². The molecular weight excluding hydrogens is 754 g/mol. The van der Waals surface area contributed by atoms with Crippen LogP contribution in [0.4, 0.5) is 5.69 Å². The first-order chi connectivity index (χ1) is 26.8. The number of rotatable bonds is 4. The topological polar surface area (TPSA) is 134 Å². The van der Waals surface area contributed by atoms with Gasteiger partial charge in [-0.3, -0.25) is 19.0 Å². The van der Waals surface area contributed by atoms with Crippen LogP contribution in [0.25, 0.3) is 0 Å². The fourth-order valence-electron chi connectivity index (χ4n) is 8.96. The second-order valence-corrected chi connectivity index (χ2v) is 18.9. The van der Waals surface area contributed by atoms with E-state index >= 15 is 4.21 Å². The van der Waals surface area contributed by atoms with Gasteiger partial charge in [0, 0.05) is 43.4 Å². The number of nitrogens with one attached hydrogen (secondary N) is 1. The molecule has 2 bridgehead atoms. The van der Waals surface area contributed by atoms with Gasteiger partial charge in [-0.15, -0.1) is 4.36 Å². The normalized spacial score (nSPS) is 30.8. The third-order valence-electron chi connectivity index (χ3n) is 12.2. The Bertz CT molecular complexity index is 2160. The van der Waals surface area contributed by atoms with Crippen molar-refractivity contribution in [3.63, 3.8) is 0 Å². The van der Waals surface area contributed by atoms with Gasteiger partial charge in [0.1, 0.15) is 11.4 Å². The van der Waals surface area contributed by atoms with Gasteiger partial charge in [-0.25, -0.2) is 4.21 Å². The van der Waals surface area contributed by atoms with Crippen molar-refractivity contribution >= 4 is 39.0 Å². The smallest absolute Gasteiger partial charge is 0.287 e. The van der Waals surface area contributed by atoms with Crippen LogP contribution in [0.1, 0.15) is 86.0 Å². The van der Waals surface area contributed by atoms with E-state index in [1.165, 1.54) is 15.8 Å². The van der Waals surface area contributed by atoms with Crippen LogP contribution in [0.3, 0.4) is 0 Å². The first-order valence-electron chi connectivity index (χ1n) is 19.8. The molecule has 1 saturated heterocycles. The number of nitrogens with zero attached hydrogens (tertiary/aromatic N) is 4. The highest BCUT2D eigenvalue weighted by Gasteiger charge is 2.45. The number of hydrogen-bond acceptors (Lipinski definition) is 9. The molecule has 5 aliphatic rings. The number of amides is 2. The third-order valence-corrected chi connectivity index (χ3v) is 14.2. The number of carbonyl (C=O) groups is 2. The molecular formula is C42H52ClN5O7S. The Morgan fingerprint density at radius 2 is 1.96 bits per heavy atom. The van der Waals surface area contributed by atoms with E-state index in [-0.39, 0.29) is 46.7 Å². The van der Waals surface area contributed by atoms with E-state index in [0.717, 1.165) is 62.1 Å². The fourth-order valence-corrected chi connectivity index (χ4v) is 10.8. The quantitative estimate of drug-likeness (QED) is 0.281. The number of ether oxygens (including phenoxy) is 4. The third kappa shape index (κ3) is 7.77. The standard InChI is InChI=1S/C42H52ClN5O7S/c1-27-33(24-47(4)44-27)39(49)45-56(51)31-14-17-37-35(22-31)48(25-42(26-53-37)18-7-9-28-21-30(43)13-16-34(28)42)23-29-12-15-32(29)36(55-38-11-5-6-19-52-38)10-8-20-54-41(2,3)40(50)46-56/h8,10,13-14,16-17,21-22,24,29,32,36,38H,5-7,9,11-12,15,18-20,23,25-26H2,1-4H3,(H,45,46,49,50,51)/b10-8+/t29-,32+,36-,38?,42-,56?/m0/s1. The number of aryl methyl sites for hydroxylation is 3. The van der Waals surface area contributed by atoms with Gasteiger partial charge in [-0.1, -0.05) is 29.8 Å². The van der Waals surface area contributed by atoms with E-state index in [1.54, 1.807) is 52.2 Å². The van der Waals surface area contributed by atoms with Crippen molar-refractivity contribution < 1.29 is 32.7 Å². The molecule has 3 aromatic rings. The average molecular weight is 806 g/mol. The van der Waals surface area contributed by atoms with Gasteiger partial charge in [-0.2, -0.15) is 5.10 Å². The summed E-state index contributed by atoms with van der Waals surface area (Å²) in [6.45, 7) is 7.46. The molecule has 8 rings (SSSR count). The van der Waals surface area contributed by atoms with Crippen molar-refractivity contribution in [1.29, 1.82) is 0 Å². The maximum Gasteiger partial charge on any atom is 0.287 e. The number of benzene rings is 2.